The van der Waals surface area contributed by atoms with Crippen LogP contribution >= 0.6 is 11.6 Å². The molecule has 0 saturated carbocycles. The largest absolute Gasteiger partial charge is 0.490 e. The van der Waals surface area contributed by atoms with Crippen LogP contribution in [0.25, 0.3) is 11.1 Å². The first-order valence-corrected chi connectivity index (χ1v) is 8.71. The first kappa shape index (κ1) is 20.2. The molecule has 2 aromatic carbocycles. The van der Waals surface area contributed by atoms with E-state index in [-0.39, 0.29) is 34.3 Å². The van der Waals surface area contributed by atoms with Crippen molar-refractivity contribution in [3.05, 3.63) is 59.4 Å². The number of unbranched alkanes of at least 4 members (excludes halogenated alkanes) is 2. The van der Waals surface area contributed by atoms with Crippen molar-refractivity contribution in [1.82, 2.24) is 0 Å². The lowest BCUT2D eigenvalue weighted by molar-refractivity contribution is 0.286. The molecule has 0 spiro atoms. The molecule has 0 fully saturated rings. The summed E-state index contributed by atoms with van der Waals surface area (Å²) in [6, 6.07) is 5.25. The van der Waals surface area contributed by atoms with E-state index < -0.39 is 17.5 Å². The maximum absolute atomic E-state index is 14.5. The van der Waals surface area contributed by atoms with Gasteiger partial charge in [-0.2, -0.15) is 4.39 Å². The molecule has 26 heavy (non-hydrogen) atoms. The zero-order valence-electron chi connectivity index (χ0n) is 14.5. The van der Waals surface area contributed by atoms with Gasteiger partial charge in [0.15, 0.2) is 17.4 Å². The molecule has 0 aliphatic rings. The minimum absolute atomic E-state index is 0.101. The van der Waals surface area contributed by atoms with Gasteiger partial charge in [0.2, 0.25) is 5.82 Å². The molecule has 0 heterocycles. The van der Waals surface area contributed by atoms with Crippen LogP contribution < -0.4 is 9.47 Å². The van der Waals surface area contributed by atoms with Gasteiger partial charge in [0.05, 0.1) is 6.61 Å². The Kier molecular flexibility index (Phi) is 7.39. The van der Waals surface area contributed by atoms with Crippen LogP contribution in [0.2, 0.25) is 5.02 Å². The normalized spacial score (nSPS) is 10.7. The van der Waals surface area contributed by atoms with Gasteiger partial charge in [0, 0.05) is 11.1 Å². The Morgan fingerprint density at radius 3 is 2.23 bits per heavy atom. The van der Waals surface area contributed by atoms with Gasteiger partial charge in [0.1, 0.15) is 17.4 Å². The lowest BCUT2D eigenvalue weighted by atomic mass is 10.0. The summed E-state index contributed by atoms with van der Waals surface area (Å²) in [4.78, 5) is 0. The summed E-state index contributed by atoms with van der Waals surface area (Å²) in [7, 11) is 0. The first-order chi connectivity index (χ1) is 12.5. The van der Waals surface area contributed by atoms with Gasteiger partial charge in [-0.1, -0.05) is 44.0 Å². The number of halogens is 4. The molecule has 0 aliphatic heterocycles. The smallest absolute Gasteiger partial charge is 0.201 e. The van der Waals surface area contributed by atoms with Crippen molar-refractivity contribution in [3.8, 4) is 22.6 Å². The molecule has 0 atom stereocenters. The molecular weight excluding hydrogens is 365 g/mol. The summed E-state index contributed by atoms with van der Waals surface area (Å²) in [6.07, 6.45) is 4.16. The Hall–Kier alpha value is -2.14. The van der Waals surface area contributed by atoms with Gasteiger partial charge in [-0.15, -0.1) is 0 Å². The topological polar surface area (TPSA) is 18.5 Å². The number of ether oxygens (including phenoxy) is 2. The molecule has 2 nitrogen and oxygen atoms in total. The zero-order valence-corrected chi connectivity index (χ0v) is 15.2. The van der Waals surface area contributed by atoms with Crippen molar-refractivity contribution in [2.75, 3.05) is 13.2 Å². The van der Waals surface area contributed by atoms with Gasteiger partial charge in [-0.3, -0.25) is 0 Å². The molecule has 0 amide bonds. The SMILES string of the molecule is C=CCOc1ccc(-c2ccc(OCCCCC)c(F)c2F)c(F)c1Cl. The average molecular weight is 385 g/mol. The summed E-state index contributed by atoms with van der Waals surface area (Å²) in [5.74, 6) is -3.32. The van der Waals surface area contributed by atoms with Crippen molar-refractivity contribution >= 4 is 11.6 Å². The molecule has 0 aliphatic carbocycles. The Morgan fingerprint density at radius 2 is 1.58 bits per heavy atom. The molecule has 0 radical (unpaired) electrons. The molecule has 0 unspecified atom stereocenters. The summed E-state index contributed by atoms with van der Waals surface area (Å²) in [5, 5.41) is -0.302. The van der Waals surface area contributed by atoms with E-state index in [1.807, 2.05) is 6.92 Å². The van der Waals surface area contributed by atoms with E-state index in [9.17, 15) is 13.2 Å². The van der Waals surface area contributed by atoms with Crippen LogP contribution in [-0.2, 0) is 0 Å². The summed E-state index contributed by atoms with van der Waals surface area (Å²) < 4.78 is 53.7. The van der Waals surface area contributed by atoms with Crippen LogP contribution in [0.4, 0.5) is 13.2 Å². The Bertz CT molecular complexity index is 778. The fourth-order valence-corrected chi connectivity index (χ4v) is 2.60. The molecule has 0 N–H and O–H groups in total. The van der Waals surface area contributed by atoms with Crippen LogP contribution in [0.5, 0.6) is 11.5 Å². The summed E-state index contributed by atoms with van der Waals surface area (Å²) in [5.41, 5.74) is -0.395. The van der Waals surface area contributed by atoms with Crippen molar-refractivity contribution < 1.29 is 22.6 Å². The molecule has 0 aromatic heterocycles. The lowest BCUT2D eigenvalue weighted by Gasteiger charge is -2.13. The van der Waals surface area contributed by atoms with Crippen molar-refractivity contribution in [3.63, 3.8) is 0 Å². The maximum atomic E-state index is 14.5. The zero-order chi connectivity index (χ0) is 19.1. The highest BCUT2D eigenvalue weighted by molar-refractivity contribution is 6.32. The minimum atomic E-state index is -1.19. The van der Waals surface area contributed by atoms with Crippen LogP contribution in [0.15, 0.2) is 36.9 Å². The summed E-state index contributed by atoms with van der Waals surface area (Å²) in [6.45, 7) is 5.95. The first-order valence-electron chi connectivity index (χ1n) is 8.34. The molecule has 140 valence electrons. The highest BCUT2D eigenvalue weighted by Crippen LogP contribution is 2.37. The third kappa shape index (κ3) is 4.52. The van der Waals surface area contributed by atoms with E-state index in [4.69, 9.17) is 21.1 Å². The van der Waals surface area contributed by atoms with Gasteiger partial charge >= 0.3 is 0 Å². The lowest BCUT2D eigenvalue weighted by Crippen LogP contribution is -2.02. The highest BCUT2D eigenvalue weighted by Gasteiger charge is 2.21. The predicted molar refractivity (Wildman–Crippen MR) is 97.5 cm³/mol. The second-order valence-electron chi connectivity index (χ2n) is 5.63. The molecule has 0 saturated heterocycles. The van der Waals surface area contributed by atoms with Gasteiger partial charge in [-0.25, -0.2) is 8.78 Å². The third-order valence-corrected chi connectivity index (χ3v) is 4.10. The number of hydrogen-bond acceptors (Lipinski definition) is 2. The van der Waals surface area contributed by atoms with Crippen LogP contribution in [-0.4, -0.2) is 13.2 Å². The van der Waals surface area contributed by atoms with E-state index in [2.05, 4.69) is 6.58 Å². The van der Waals surface area contributed by atoms with Crippen molar-refractivity contribution in [1.29, 1.82) is 0 Å². The van der Waals surface area contributed by atoms with E-state index in [1.54, 1.807) is 0 Å². The average Bonchev–Trinajstić information content (AvgIpc) is 2.64. The Balaban J connectivity index is 2.30. The van der Waals surface area contributed by atoms with Crippen molar-refractivity contribution in [2.45, 2.75) is 26.2 Å². The van der Waals surface area contributed by atoms with Gasteiger partial charge in [-0.05, 0) is 30.7 Å². The van der Waals surface area contributed by atoms with Crippen LogP contribution in [0, 0.1) is 17.5 Å². The number of rotatable bonds is 9. The standard InChI is InChI=1S/C20H20ClF3O2/c1-3-5-6-12-26-16-10-8-14(19(23)20(16)24)13-7-9-15(25-11-4-2)17(21)18(13)22/h4,7-10H,2-3,5-6,11-12H2,1H3. The van der Waals surface area contributed by atoms with E-state index >= 15 is 0 Å². The monoisotopic (exact) mass is 384 g/mol. The fourth-order valence-electron chi connectivity index (χ4n) is 2.39. The van der Waals surface area contributed by atoms with Gasteiger partial charge in [0.25, 0.3) is 0 Å². The summed E-state index contributed by atoms with van der Waals surface area (Å²) >= 11 is 5.93. The molecule has 2 rings (SSSR count). The van der Waals surface area contributed by atoms with Gasteiger partial charge < -0.3 is 9.47 Å². The quantitative estimate of drug-likeness (QED) is 0.360. The number of hydrogen-bond donors (Lipinski definition) is 0. The second kappa shape index (κ2) is 9.53. The predicted octanol–water partition coefficient (Wildman–Crippen LogP) is 6.56. The highest BCUT2D eigenvalue weighted by atomic mass is 35.5. The van der Waals surface area contributed by atoms with Crippen molar-refractivity contribution in [2.24, 2.45) is 0 Å². The molecule has 2 aromatic rings. The molecule has 6 heteroatoms. The third-order valence-electron chi connectivity index (χ3n) is 3.75. The fraction of sp³-hybridized carbons (Fsp3) is 0.300. The minimum Gasteiger partial charge on any atom is -0.490 e. The van der Waals surface area contributed by atoms with E-state index in [0.29, 0.717) is 6.61 Å². The Morgan fingerprint density at radius 1 is 0.923 bits per heavy atom. The Labute approximate surface area is 156 Å². The van der Waals surface area contributed by atoms with Crippen LogP contribution in [0.3, 0.4) is 0 Å². The van der Waals surface area contributed by atoms with Crippen LogP contribution in [0.1, 0.15) is 26.2 Å². The molecule has 0 bridgehead atoms. The number of benzene rings is 2. The molecular formula is C20H20ClF3O2. The second-order valence-corrected chi connectivity index (χ2v) is 6.01. The van der Waals surface area contributed by atoms with E-state index in [1.165, 1.54) is 30.3 Å². The van der Waals surface area contributed by atoms with E-state index in [0.717, 1.165) is 19.3 Å². The maximum Gasteiger partial charge on any atom is 0.201 e.